The minimum Gasteiger partial charge on any atom is -0.327 e. The van der Waals surface area contributed by atoms with Crippen LogP contribution < -0.4 is 16.4 Å². The van der Waals surface area contributed by atoms with E-state index in [2.05, 4.69) is 10.6 Å². The van der Waals surface area contributed by atoms with Crippen molar-refractivity contribution in [1.82, 2.24) is 10.6 Å². The van der Waals surface area contributed by atoms with Crippen LogP contribution in [0.2, 0.25) is 0 Å². The lowest BCUT2D eigenvalue weighted by atomic mass is 10.4. The van der Waals surface area contributed by atoms with Crippen molar-refractivity contribution in [3.05, 3.63) is 0 Å². The van der Waals surface area contributed by atoms with E-state index in [4.69, 9.17) is 5.73 Å². The standard InChI is InChI=1S/C5H15N3/c1-5(6)3-8-4-7-2/h5,7-8H,3-4,6H2,1-2H3. The molecule has 0 aliphatic heterocycles. The van der Waals surface area contributed by atoms with Crippen molar-refractivity contribution in [3.63, 3.8) is 0 Å². The highest BCUT2D eigenvalue weighted by Gasteiger charge is 1.88. The van der Waals surface area contributed by atoms with Crippen LogP contribution in [-0.4, -0.2) is 26.3 Å². The second kappa shape index (κ2) is 5.03. The molecule has 3 heteroatoms. The molecule has 0 heterocycles. The molecule has 0 aromatic rings. The van der Waals surface area contributed by atoms with Crippen molar-refractivity contribution in [2.75, 3.05) is 20.3 Å². The normalized spacial score (nSPS) is 13.9. The summed E-state index contributed by atoms with van der Waals surface area (Å²) in [6.07, 6.45) is 0. The summed E-state index contributed by atoms with van der Waals surface area (Å²) in [5.74, 6) is 0. The van der Waals surface area contributed by atoms with Crippen LogP contribution in [0.15, 0.2) is 0 Å². The summed E-state index contributed by atoms with van der Waals surface area (Å²) >= 11 is 0. The topological polar surface area (TPSA) is 50.1 Å². The van der Waals surface area contributed by atoms with Gasteiger partial charge >= 0.3 is 0 Å². The number of nitrogens with two attached hydrogens (primary N) is 1. The molecule has 0 amide bonds. The van der Waals surface area contributed by atoms with Gasteiger partial charge in [0.25, 0.3) is 0 Å². The quantitative estimate of drug-likeness (QED) is 0.330. The Morgan fingerprint density at radius 3 is 2.62 bits per heavy atom. The van der Waals surface area contributed by atoms with Crippen molar-refractivity contribution in [3.8, 4) is 0 Å². The first kappa shape index (κ1) is 7.88. The summed E-state index contributed by atoms with van der Waals surface area (Å²) in [5.41, 5.74) is 5.44. The molecule has 0 aliphatic rings. The Labute approximate surface area is 50.6 Å². The van der Waals surface area contributed by atoms with Gasteiger partial charge < -0.3 is 16.4 Å². The maximum atomic E-state index is 5.44. The highest BCUT2D eigenvalue weighted by molar-refractivity contribution is 4.54. The predicted molar refractivity (Wildman–Crippen MR) is 35.6 cm³/mol. The molecule has 0 rings (SSSR count). The van der Waals surface area contributed by atoms with Gasteiger partial charge in [0.1, 0.15) is 0 Å². The Kier molecular flexibility index (Phi) is 4.95. The summed E-state index contributed by atoms with van der Waals surface area (Å²) in [7, 11) is 1.90. The van der Waals surface area contributed by atoms with Crippen LogP contribution in [0, 0.1) is 0 Å². The zero-order valence-electron chi connectivity index (χ0n) is 5.57. The van der Waals surface area contributed by atoms with Gasteiger partial charge in [-0.3, -0.25) is 0 Å². The van der Waals surface area contributed by atoms with Gasteiger partial charge in [0.05, 0.1) is 0 Å². The van der Waals surface area contributed by atoms with E-state index in [-0.39, 0.29) is 6.04 Å². The van der Waals surface area contributed by atoms with Crippen LogP contribution >= 0.6 is 0 Å². The van der Waals surface area contributed by atoms with Crippen LogP contribution in [0.4, 0.5) is 0 Å². The molecule has 0 aromatic carbocycles. The summed E-state index contributed by atoms with van der Waals surface area (Å²) in [4.78, 5) is 0. The lowest BCUT2D eigenvalue weighted by molar-refractivity contribution is 0.578. The predicted octanol–water partition coefficient (Wildman–Crippen LogP) is -0.900. The number of hydrogen-bond donors (Lipinski definition) is 3. The van der Waals surface area contributed by atoms with Crippen molar-refractivity contribution >= 4 is 0 Å². The van der Waals surface area contributed by atoms with E-state index < -0.39 is 0 Å². The molecule has 3 nitrogen and oxygen atoms in total. The first-order valence-electron chi connectivity index (χ1n) is 2.88. The molecule has 0 spiro atoms. The maximum absolute atomic E-state index is 5.44. The van der Waals surface area contributed by atoms with Crippen LogP contribution in [-0.2, 0) is 0 Å². The molecule has 0 aromatic heterocycles. The van der Waals surface area contributed by atoms with Gasteiger partial charge in [-0.2, -0.15) is 0 Å². The summed E-state index contributed by atoms with van der Waals surface area (Å²) < 4.78 is 0. The minimum absolute atomic E-state index is 0.253. The number of hydrogen-bond acceptors (Lipinski definition) is 3. The third-order valence-corrected chi connectivity index (χ3v) is 0.768. The van der Waals surface area contributed by atoms with Crippen molar-refractivity contribution in [2.45, 2.75) is 13.0 Å². The van der Waals surface area contributed by atoms with Crippen molar-refractivity contribution in [1.29, 1.82) is 0 Å². The number of nitrogens with one attached hydrogen (secondary N) is 2. The minimum atomic E-state index is 0.253. The molecule has 4 N–H and O–H groups in total. The van der Waals surface area contributed by atoms with Gasteiger partial charge in [0.15, 0.2) is 0 Å². The molecular weight excluding hydrogens is 102 g/mol. The first-order valence-corrected chi connectivity index (χ1v) is 2.88. The fourth-order valence-electron chi connectivity index (χ4n) is 0.425. The Balaban J connectivity index is 2.72. The molecule has 8 heavy (non-hydrogen) atoms. The third-order valence-electron chi connectivity index (χ3n) is 0.768. The Morgan fingerprint density at radius 1 is 1.62 bits per heavy atom. The van der Waals surface area contributed by atoms with Crippen LogP contribution in [0.5, 0.6) is 0 Å². The second-order valence-corrected chi connectivity index (χ2v) is 1.96. The molecule has 0 saturated carbocycles. The van der Waals surface area contributed by atoms with E-state index in [1.165, 1.54) is 0 Å². The molecular formula is C5H15N3. The molecule has 50 valence electrons. The van der Waals surface area contributed by atoms with Crippen LogP contribution in [0.25, 0.3) is 0 Å². The third kappa shape index (κ3) is 5.88. The van der Waals surface area contributed by atoms with Crippen molar-refractivity contribution < 1.29 is 0 Å². The zero-order valence-corrected chi connectivity index (χ0v) is 5.57. The van der Waals surface area contributed by atoms with E-state index in [0.29, 0.717) is 0 Å². The van der Waals surface area contributed by atoms with E-state index in [1.54, 1.807) is 0 Å². The fraction of sp³-hybridized carbons (Fsp3) is 1.00. The second-order valence-electron chi connectivity index (χ2n) is 1.96. The molecule has 1 atom stereocenters. The first-order chi connectivity index (χ1) is 3.77. The smallest absolute Gasteiger partial charge is 0.0452 e. The monoisotopic (exact) mass is 117 g/mol. The molecule has 0 radical (unpaired) electrons. The maximum Gasteiger partial charge on any atom is 0.0452 e. The summed E-state index contributed by atoms with van der Waals surface area (Å²) in [6.45, 7) is 3.69. The fourth-order valence-corrected chi connectivity index (χ4v) is 0.425. The summed E-state index contributed by atoms with van der Waals surface area (Å²) in [5, 5.41) is 6.05. The highest BCUT2D eigenvalue weighted by Crippen LogP contribution is 1.65. The van der Waals surface area contributed by atoms with Crippen LogP contribution in [0.1, 0.15) is 6.92 Å². The van der Waals surface area contributed by atoms with E-state index >= 15 is 0 Å². The van der Waals surface area contributed by atoms with Crippen molar-refractivity contribution in [2.24, 2.45) is 5.73 Å². The Morgan fingerprint density at radius 2 is 2.25 bits per heavy atom. The van der Waals surface area contributed by atoms with Gasteiger partial charge in [-0.15, -0.1) is 0 Å². The Bertz CT molecular complexity index is 44.9. The molecule has 0 fully saturated rings. The van der Waals surface area contributed by atoms with Crippen LogP contribution in [0.3, 0.4) is 0 Å². The largest absolute Gasteiger partial charge is 0.327 e. The molecule has 0 bridgehead atoms. The average Bonchev–Trinajstić information content (AvgIpc) is 1.66. The zero-order chi connectivity index (χ0) is 6.41. The molecule has 0 aliphatic carbocycles. The van der Waals surface area contributed by atoms with Gasteiger partial charge in [0.2, 0.25) is 0 Å². The Hall–Kier alpha value is -0.120. The lowest BCUT2D eigenvalue weighted by Crippen LogP contribution is -2.35. The van der Waals surface area contributed by atoms with E-state index in [0.717, 1.165) is 13.2 Å². The van der Waals surface area contributed by atoms with Gasteiger partial charge in [-0.25, -0.2) is 0 Å². The highest BCUT2D eigenvalue weighted by atomic mass is 15.0. The van der Waals surface area contributed by atoms with E-state index in [9.17, 15) is 0 Å². The van der Waals surface area contributed by atoms with E-state index in [1.807, 2.05) is 14.0 Å². The van der Waals surface area contributed by atoms with Gasteiger partial charge in [-0.1, -0.05) is 0 Å². The summed E-state index contributed by atoms with van der Waals surface area (Å²) in [6, 6.07) is 0.253. The molecule has 0 saturated heterocycles. The van der Waals surface area contributed by atoms with Gasteiger partial charge in [-0.05, 0) is 14.0 Å². The lowest BCUT2D eigenvalue weighted by Gasteiger charge is -2.05. The number of rotatable bonds is 4. The average molecular weight is 117 g/mol. The van der Waals surface area contributed by atoms with Gasteiger partial charge in [0, 0.05) is 19.3 Å². The molecule has 1 unspecified atom stereocenters. The SMILES string of the molecule is CNCNCC(C)N.